The first-order valence-corrected chi connectivity index (χ1v) is 10.5. The number of benzene rings is 1. The fourth-order valence-electron chi connectivity index (χ4n) is 3.51. The summed E-state index contributed by atoms with van der Waals surface area (Å²) in [6.07, 6.45) is 2.06. The molecule has 154 valence electrons. The Morgan fingerprint density at radius 1 is 1.38 bits per heavy atom. The van der Waals surface area contributed by atoms with Crippen LogP contribution >= 0.6 is 11.3 Å². The van der Waals surface area contributed by atoms with Crippen LogP contribution in [-0.4, -0.2) is 54.6 Å². The van der Waals surface area contributed by atoms with E-state index in [1.807, 2.05) is 18.2 Å². The van der Waals surface area contributed by atoms with Gasteiger partial charge in [0.15, 0.2) is 5.13 Å². The van der Waals surface area contributed by atoms with Crippen LogP contribution in [0.3, 0.4) is 0 Å². The molecule has 0 saturated carbocycles. The highest BCUT2D eigenvalue weighted by molar-refractivity contribution is 7.15. The Morgan fingerprint density at radius 2 is 2.28 bits per heavy atom. The van der Waals surface area contributed by atoms with Crippen molar-refractivity contribution in [1.82, 2.24) is 9.88 Å². The number of rotatable bonds is 6. The van der Waals surface area contributed by atoms with E-state index in [0.29, 0.717) is 36.3 Å². The van der Waals surface area contributed by atoms with Crippen molar-refractivity contribution in [3.8, 4) is 5.75 Å². The third-order valence-corrected chi connectivity index (χ3v) is 5.98. The molecule has 2 N–H and O–H groups in total. The summed E-state index contributed by atoms with van der Waals surface area (Å²) < 4.78 is 10.6. The Morgan fingerprint density at radius 3 is 3.07 bits per heavy atom. The minimum Gasteiger partial charge on any atom is -0.497 e. The second-order valence-electron chi connectivity index (χ2n) is 7.12. The summed E-state index contributed by atoms with van der Waals surface area (Å²) in [4.78, 5) is 32.4. The van der Waals surface area contributed by atoms with Crippen molar-refractivity contribution in [3.05, 3.63) is 34.8 Å². The third-order valence-electron chi connectivity index (χ3n) is 4.98. The van der Waals surface area contributed by atoms with Gasteiger partial charge in [0.1, 0.15) is 11.9 Å². The van der Waals surface area contributed by atoms with Crippen molar-refractivity contribution in [2.45, 2.75) is 31.9 Å². The summed E-state index contributed by atoms with van der Waals surface area (Å²) >= 11 is 1.47. The summed E-state index contributed by atoms with van der Waals surface area (Å²) in [5.74, 6) is 0.508. The maximum absolute atomic E-state index is 12.4. The molecule has 0 radical (unpaired) electrons. The lowest BCUT2D eigenvalue weighted by Gasteiger charge is -2.25. The van der Waals surface area contributed by atoms with Gasteiger partial charge >= 0.3 is 0 Å². The van der Waals surface area contributed by atoms with Gasteiger partial charge in [-0.3, -0.25) is 19.8 Å². The first-order valence-electron chi connectivity index (χ1n) is 9.68. The predicted molar refractivity (Wildman–Crippen MR) is 110 cm³/mol. The highest BCUT2D eigenvalue weighted by Crippen LogP contribution is 2.29. The maximum atomic E-state index is 12.4. The number of methoxy groups -OCH3 is 1. The second-order valence-corrected chi connectivity index (χ2v) is 8.20. The maximum Gasteiger partial charge on any atom is 0.255 e. The molecule has 3 heterocycles. The number of nitrogens with zero attached hydrogens (tertiary/aromatic N) is 2. The number of hydrogen-bond donors (Lipinski definition) is 2. The van der Waals surface area contributed by atoms with Crippen LogP contribution in [0.25, 0.3) is 0 Å². The van der Waals surface area contributed by atoms with E-state index in [4.69, 9.17) is 9.47 Å². The van der Waals surface area contributed by atoms with E-state index in [2.05, 4.69) is 20.5 Å². The molecule has 1 aromatic carbocycles. The molecule has 1 unspecified atom stereocenters. The van der Waals surface area contributed by atoms with Crippen LogP contribution in [0.5, 0.6) is 5.75 Å². The summed E-state index contributed by atoms with van der Waals surface area (Å²) in [6.45, 7) is 2.33. The quantitative estimate of drug-likeness (QED) is 0.751. The van der Waals surface area contributed by atoms with E-state index in [1.165, 1.54) is 11.3 Å². The molecule has 1 fully saturated rings. The number of amides is 2. The summed E-state index contributed by atoms with van der Waals surface area (Å²) in [6, 6.07) is 7.30. The summed E-state index contributed by atoms with van der Waals surface area (Å²) in [5.41, 5.74) is 1.71. The van der Waals surface area contributed by atoms with Crippen molar-refractivity contribution in [1.29, 1.82) is 0 Å². The number of anilines is 2. The first-order chi connectivity index (χ1) is 14.1. The zero-order valence-electron chi connectivity index (χ0n) is 16.3. The van der Waals surface area contributed by atoms with Crippen LogP contribution < -0.4 is 15.4 Å². The lowest BCUT2D eigenvalue weighted by atomic mass is 10.2. The van der Waals surface area contributed by atoms with Gasteiger partial charge in [-0.05, 0) is 25.0 Å². The van der Waals surface area contributed by atoms with Crippen molar-refractivity contribution in [2.24, 2.45) is 0 Å². The largest absolute Gasteiger partial charge is 0.497 e. The minimum atomic E-state index is -0.368. The zero-order valence-corrected chi connectivity index (χ0v) is 17.1. The molecule has 0 bridgehead atoms. The van der Waals surface area contributed by atoms with Crippen LogP contribution in [0.1, 0.15) is 23.4 Å². The summed E-state index contributed by atoms with van der Waals surface area (Å²) in [7, 11) is 1.60. The molecular weight excluding hydrogens is 392 g/mol. The van der Waals surface area contributed by atoms with Crippen LogP contribution in [0.4, 0.5) is 10.8 Å². The molecule has 1 aromatic heterocycles. The number of fused-ring (bicyclic) bond motifs is 1. The number of ether oxygens (including phenoxy) is 2. The average molecular weight is 417 g/mol. The number of carbonyl (C=O) groups is 2. The van der Waals surface area contributed by atoms with Gasteiger partial charge in [-0.15, -0.1) is 11.3 Å². The average Bonchev–Trinajstić information content (AvgIpc) is 3.37. The minimum absolute atomic E-state index is 0.0712. The lowest BCUT2D eigenvalue weighted by molar-refractivity contribution is -0.124. The van der Waals surface area contributed by atoms with Gasteiger partial charge in [0, 0.05) is 42.7 Å². The Labute approximate surface area is 173 Å². The fraction of sp³-hybridized carbons (Fsp3) is 0.450. The van der Waals surface area contributed by atoms with Gasteiger partial charge in [0.2, 0.25) is 5.91 Å². The first kappa shape index (κ1) is 19.8. The Bertz CT molecular complexity index is 894. The van der Waals surface area contributed by atoms with Gasteiger partial charge in [0.25, 0.3) is 5.91 Å². The normalized spacial score (nSPS) is 18.9. The highest BCUT2D eigenvalue weighted by atomic mass is 32.1. The number of nitrogens with one attached hydrogen (secondary N) is 2. The van der Waals surface area contributed by atoms with E-state index >= 15 is 0 Å². The van der Waals surface area contributed by atoms with Crippen LogP contribution in [0.15, 0.2) is 24.3 Å². The molecule has 8 nitrogen and oxygen atoms in total. The van der Waals surface area contributed by atoms with E-state index in [9.17, 15) is 9.59 Å². The Hall–Kier alpha value is -2.49. The van der Waals surface area contributed by atoms with E-state index in [1.54, 1.807) is 13.2 Å². The van der Waals surface area contributed by atoms with Crippen LogP contribution in [-0.2, 0) is 27.3 Å². The van der Waals surface area contributed by atoms with Gasteiger partial charge < -0.3 is 14.8 Å². The lowest BCUT2D eigenvalue weighted by Crippen LogP contribution is -2.36. The fourth-order valence-corrected chi connectivity index (χ4v) is 4.57. The monoisotopic (exact) mass is 416 g/mol. The molecule has 2 aliphatic heterocycles. The molecule has 0 aliphatic carbocycles. The molecule has 9 heteroatoms. The Kier molecular flexibility index (Phi) is 6.08. The van der Waals surface area contributed by atoms with E-state index in [-0.39, 0.29) is 17.9 Å². The van der Waals surface area contributed by atoms with Crippen molar-refractivity contribution >= 4 is 34.0 Å². The SMILES string of the molecule is COc1cccc(NC(=O)CN2CCc3nc(NC(=O)C4CCCO4)sc3C2)c1. The molecule has 1 saturated heterocycles. The van der Waals surface area contributed by atoms with Crippen molar-refractivity contribution < 1.29 is 19.1 Å². The van der Waals surface area contributed by atoms with Gasteiger partial charge in [-0.2, -0.15) is 0 Å². The molecular formula is C20H24N4O4S. The predicted octanol–water partition coefficient (Wildman–Crippen LogP) is 2.27. The molecule has 29 heavy (non-hydrogen) atoms. The molecule has 0 spiro atoms. The number of carbonyl (C=O) groups excluding carboxylic acids is 2. The molecule has 4 rings (SSSR count). The zero-order chi connectivity index (χ0) is 20.2. The molecule has 2 aliphatic rings. The smallest absolute Gasteiger partial charge is 0.255 e. The third kappa shape index (κ3) is 4.92. The van der Waals surface area contributed by atoms with Gasteiger partial charge in [-0.25, -0.2) is 4.98 Å². The van der Waals surface area contributed by atoms with Crippen molar-refractivity contribution in [3.63, 3.8) is 0 Å². The topological polar surface area (TPSA) is 92.8 Å². The van der Waals surface area contributed by atoms with Crippen LogP contribution in [0, 0.1) is 0 Å². The van der Waals surface area contributed by atoms with E-state index in [0.717, 1.165) is 36.4 Å². The highest BCUT2D eigenvalue weighted by Gasteiger charge is 2.26. The van der Waals surface area contributed by atoms with E-state index < -0.39 is 0 Å². The van der Waals surface area contributed by atoms with Crippen molar-refractivity contribution in [2.75, 3.05) is 37.4 Å². The molecule has 1 atom stereocenters. The van der Waals surface area contributed by atoms with Gasteiger partial charge in [0.05, 0.1) is 19.3 Å². The summed E-state index contributed by atoms with van der Waals surface area (Å²) in [5, 5.41) is 6.39. The molecule has 2 amide bonds. The standard InChI is InChI=1S/C20H24N4O4S/c1-27-14-5-2-4-13(10-14)21-18(25)12-24-8-7-15-17(11-24)29-20(22-15)23-19(26)16-6-3-9-28-16/h2,4-5,10,16H,3,6-9,11-12H2,1H3,(H,21,25)(H,22,23,26). The Balaban J connectivity index is 1.31. The number of thiazole rings is 1. The van der Waals surface area contributed by atoms with Gasteiger partial charge in [-0.1, -0.05) is 6.07 Å². The second kappa shape index (κ2) is 8.89. The number of aromatic nitrogens is 1. The molecule has 2 aromatic rings. The number of hydrogen-bond acceptors (Lipinski definition) is 7. The van der Waals surface area contributed by atoms with Crippen LogP contribution in [0.2, 0.25) is 0 Å².